The molecule has 0 spiro atoms. The van der Waals surface area contributed by atoms with Crippen molar-refractivity contribution in [2.75, 3.05) is 6.67 Å². The van der Waals surface area contributed by atoms with E-state index < -0.39 is 54.6 Å². The Kier molecular flexibility index (Phi) is 6.97. The van der Waals surface area contributed by atoms with E-state index in [0.717, 1.165) is 13.0 Å². The topological polar surface area (TPSA) is 113 Å². The molecule has 24 heavy (non-hydrogen) atoms. The Balaban J connectivity index is 3.07. The average molecular weight is 342 g/mol. The zero-order chi connectivity index (χ0) is 18.3. The van der Waals surface area contributed by atoms with Crippen LogP contribution < -0.4 is 10.6 Å². The molecule has 0 heterocycles. The van der Waals surface area contributed by atoms with E-state index in [9.17, 15) is 28.0 Å². The SMILES string of the molecule is CC(=O)NC(C(=O)NC(CC(=O)O)C(=O)CF)c1ccccc1F. The molecule has 1 aromatic carbocycles. The molecule has 1 aromatic rings. The molecule has 0 aromatic heterocycles. The number of carboxylic acids is 1. The number of Topliss-reactive ketones (excluding diaryl/α,β-unsaturated/α-hetero) is 1. The van der Waals surface area contributed by atoms with Crippen molar-refractivity contribution in [3.05, 3.63) is 35.6 Å². The highest BCUT2D eigenvalue weighted by Gasteiger charge is 2.29. The number of hydrogen-bond acceptors (Lipinski definition) is 4. The van der Waals surface area contributed by atoms with Crippen molar-refractivity contribution >= 4 is 23.6 Å². The Morgan fingerprint density at radius 2 is 1.79 bits per heavy atom. The van der Waals surface area contributed by atoms with E-state index in [0.29, 0.717) is 0 Å². The third-order valence-electron chi connectivity index (χ3n) is 3.04. The second kappa shape index (κ2) is 8.70. The highest BCUT2D eigenvalue weighted by atomic mass is 19.1. The molecule has 0 saturated heterocycles. The molecule has 0 fully saturated rings. The van der Waals surface area contributed by atoms with Gasteiger partial charge in [-0.05, 0) is 6.07 Å². The summed E-state index contributed by atoms with van der Waals surface area (Å²) >= 11 is 0. The van der Waals surface area contributed by atoms with Gasteiger partial charge in [-0.1, -0.05) is 18.2 Å². The van der Waals surface area contributed by atoms with Crippen molar-refractivity contribution in [1.29, 1.82) is 0 Å². The fourth-order valence-corrected chi connectivity index (χ4v) is 1.97. The molecular formula is C15H16F2N2O5. The predicted molar refractivity (Wildman–Crippen MR) is 78.1 cm³/mol. The maximum atomic E-state index is 13.9. The number of carboxylic acid groups (broad SMARTS) is 1. The van der Waals surface area contributed by atoms with Crippen molar-refractivity contribution in [3.63, 3.8) is 0 Å². The van der Waals surface area contributed by atoms with Gasteiger partial charge in [0.1, 0.15) is 24.6 Å². The summed E-state index contributed by atoms with van der Waals surface area (Å²) in [7, 11) is 0. The monoisotopic (exact) mass is 342 g/mol. The number of carbonyl (C=O) groups excluding carboxylic acids is 3. The van der Waals surface area contributed by atoms with E-state index in [2.05, 4.69) is 5.32 Å². The van der Waals surface area contributed by atoms with Crippen LogP contribution in [0.1, 0.15) is 24.9 Å². The maximum Gasteiger partial charge on any atom is 0.305 e. The Labute approximate surface area is 136 Å². The van der Waals surface area contributed by atoms with Gasteiger partial charge in [0.15, 0.2) is 5.78 Å². The highest BCUT2D eigenvalue weighted by molar-refractivity contribution is 5.95. The lowest BCUT2D eigenvalue weighted by Crippen LogP contribution is -2.48. The largest absolute Gasteiger partial charge is 0.481 e. The molecule has 9 heteroatoms. The van der Waals surface area contributed by atoms with E-state index >= 15 is 0 Å². The highest BCUT2D eigenvalue weighted by Crippen LogP contribution is 2.17. The molecule has 2 atom stereocenters. The molecule has 7 nitrogen and oxygen atoms in total. The molecule has 2 unspecified atom stereocenters. The van der Waals surface area contributed by atoms with Crippen LogP contribution in [0.25, 0.3) is 0 Å². The zero-order valence-corrected chi connectivity index (χ0v) is 12.7. The molecule has 0 aliphatic heterocycles. The van der Waals surface area contributed by atoms with Crippen LogP contribution in [0.15, 0.2) is 24.3 Å². The summed E-state index contributed by atoms with van der Waals surface area (Å²) in [5.41, 5.74) is -0.174. The van der Waals surface area contributed by atoms with Gasteiger partial charge in [0.2, 0.25) is 11.8 Å². The van der Waals surface area contributed by atoms with E-state index in [1.807, 2.05) is 5.32 Å². The minimum Gasteiger partial charge on any atom is -0.481 e. The third-order valence-corrected chi connectivity index (χ3v) is 3.04. The number of benzene rings is 1. The molecule has 0 aliphatic carbocycles. The molecule has 0 bridgehead atoms. The zero-order valence-electron chi connectivity index (χ0n) is 12.7. The summed E-state index contributed by atoms with van der Waals surface area (Å²) in [6.45, 7) is -0.370. The molecule has 130 valence electrons. The quantitative estimate of drug-likeness (QED) is 0.637. The second-order valence-electron chi connectivity index (χ2n) is 4.91. The first-order valence-electron chi connectivity index (χ1n) is 6.88. The minimum atomic E-state index is -1.62. The lowest BCUT2D eigenvalue weighted by atomic mass is 10.0. The molecule has 0 radical (unpaired) electrons. The summed E-state index contributed by atoms with van der Waals surface area (Å²) < 4.78 is 26.4. The summed E-state index contributed by atoms with van der Waals surface area (Å²) in [4.78, 5) is 45.7. The number of hydrogen-bond donors (Lipinski definition) is 3. The smallest absolute Gasteiger partial charge is 0.305 e. The van der Waals surface area contributed by atoms with Gasteiger partial charge in [-0.25, -0.2) is 8.78 Å². The average Bonchev–Trinajstić information content (AvgIpc) is 2.51. The van der Waals surface area contributed by atoms with Crippen LogP contribution in [0.4, 0.5) is 8.78 Å². The molecule has 3 N–H and O–H groups in total. The molecule has 1 rings (SSSR count). The maximum absolute atomic E-state index is 13.9. The number of aliphatic carboxylic acids is 1. The Bertz CT molecular complexity index is 651. The standard InChI is InChI=1S/C15H16F2N2O5/c1-8(20)18-14(9-4-2-3-5-10(9)17)15(24)19-11(6-13(22)23)12(21)7-16/h2-5,11,14H,6-7H2,1H3,(H,18,20)(H,19,24)(H,22,23). The number of nitrogens with one attached hydrogen (secondary N) is 2. The van der Waals surface area contributed by atoms with Gasteiger partial charge in [0, 0.05) is 12.5 Å². The second-order valence-corrected chi connectivity index (χ2v) is 4.91. The van der Waals surface area contributed by atoms with Crippen LogP contribution in [0.3, 0.4) is 0 Å². The van der Waals surface area contributed by atoms with Crippen molar-refractivity contribution < 1.29 is 33.1 Å². The van der Waals surface area contributed by atoms with Crippen molar-refractivity contribution in [2.24, 2.45) is 0 Å². The summed E-state index contributed by atoms with van der Waals surface area (Å²) in [6, 6.07) is 2.01. The lowest BCUT2D eigenvalue weighted by molar-refractivity contribution is -0.140. The molecule has 2 amide bonds. The minimum absolute atomic E-state index is 0.174. The van der Waals surface area contributed by atoms with Crippen LogP contribution in [-0.2, 0) is 19.2 Å². The van der Waals surface area contributed by atoms with Gasteiger partial charge in [-0.2, -0.15) is 0 Å². The van der Waals surface area contributed by atoms with Crippen LogP contribution >= 0.6 is 0 Å². The predicted octanol–water partition coefficient (Wildman–Crippen LogP) is 0.501. The third kappa shape index (κ3) is 5.41. The number of rotatable bonds is 8. The number of ketones is 1. The van der Waals surface area contributed by atoms with Crippen molar-refractivity contribution in [2.45, 2.75) is 25.4 Å². The fraction of sp³-hybridized carbons (Fsp3) is 0.333. The van der Waals surface area contributed by atoms with Crippen LogP contribution in [0, 0.1) is 5.82 Å². The molecular weight excluding hydrogens is 326 g/mol. The van der Waals surface area contributed by atoms with Gasteiger partial charge in [0.05, 0.1) is 6.42 Å². The van der Waals surface area contributed by atoms with Gasteiger partial charge >= 0.3 is 5.97 Å². The number of carbonyl (C=O) groups is 4. The summed E-state index contributed by atoms with van der Waals surface area (Å²) in [6.07, 6.45) is -0.835. The van der Waals surface area contributed by atoms with Crippen LogP contribution in [0.5, 0.6) is 0 Å². The Morgan fingerprint density at radius 3 is 2.29 bits per heavy atom. The first-order chi connectivity index (χ1) is 11.3. The summed E-state index contributed by atoms with van der Waals surface area (Å²) in [5.74, 6) is -5.02. The Morgan fingerprint density at radius 1 is 1.17 bits per heavy atom. The molecule has 0 saturated carbocycles. The van der Waals surface area contributed by atoms with Crippen molar-refractivity contribution in [3.8, 4) is 0 Å². The number of alkyl halides is 1. The Hall–Kier alpha value is -2.84. The van der Waals surface area contributed by atoms with E-state index in [-0.39, 0.29) is 5.56 Å². The fourth-order valence-electron chi connectivity index (χ4n) is 1.97. The van der Waals surface area contributed by atoms with Crippen molar-refractivity contribution in [1.82, 2.24) is 10.6 Å². The van der Waals surface area contributed by atoms with Gasteiger partial charge in [0.25, 0.3) is 0 Å². The number of amides is 2. The number of halogens is 2. The first-order valence-corrected chi connectivity index (χ1v) is 6.88. The van der Waals surface area contributed by atoms with E-state index in [4.69, 9.17) is 5.11 Å². The van der Waals surface area contributed by atoms with Crippen LogP contribution in [0.2, 0.25) is 0 Å². The molecule has 0 aliphatic rings. The first kappa shape index (κ1) is 19.2. The van der Waals surface area contributed by atoms with E-state index in [1.54, 1.807) is 0 Å². The normalized spacial score (nSPS) is 12.8. The van der Waals surface area contributed by atoms with E-state index in [1.165, 1.54) is 18.2 Å². The van der Waals surface area contributed by atoms with Gasteiger partial charge in [-0.15, -0.1) is 0 Å². The van der Waals surface area contributed by atoms with Gasteiger partial charge < -0.3 is 15.7 Å². The van der Waals surface area contributed by atoms with Gasteiger partial charge in [-0.3, -0.25) is 19.2 Å². The summed E-state index contributed by atoms with van der Waals surface area (Å²) in [5, 5.41) is 13.0. The van der Waals surface area contributed by atoms with Crippen LogP contribution in [-0.4, -0.2) is 41.4 Å². The lowest BCUT2D eigenvalue weighted by Gasteiger charge is -2.21.